The minimum atomic E-state index is -1.12. The molecule has 1 N–H and O–H groups in total. The molecule has 1 saturated heterocycles. The van der Waals surface area contributed by atoms with Crippen molar-refractivity contribution in [1.82, 2.24) is 0 Å². The fourth-order valence-corrected chi connectivity index (χ4v) is 2.35. The Hall–Kier alpha value is -1.62. The minimum absolute atomic E-state index is 0.0318. The third kappa shape index (κ3) is 2.87. The van der Waals surface area contributed by atoms with Crippen LogP contribution in [0.3, 0.4) is 0 Å². The number of carboxylic acids is 1. The van der Waals surface area contributed by atoms with Gasteiger partial charge in [-0.2, -0.15) is 0 Å². The quantitative estimate of drug-likeness (QED) is 0.914. The molecule has 0 spiro atoms. The van der Waals surface area contributed by atoms with Gasteiger partial charge in [-0.05, 0) is 31.5 Å². The molecule has 2 unspecified atom stereocenters. The number of benzene rings is 1. The lowest BCUT2D eigenvalue weighted by atomic mass is 10.1. The number of aromatic carboxylic acids is 1. The molecule has 4 nitrogen and oxygen atoms in total. The van der Waals surface area contributed by atoms with Crippen molar-refractivity contribution in [3.05, 3.63) is 29.6 Å². The van der Waals surface area contributed by atoms with E-state index in [2.05, 4.69) is 0 Å². The molecule has 1 heterocycles. The molecule has 19 heavy (non-hydrogen) atoms. The van der Waals surface area contributed by atoms with Crippen LogP contribution in [0.4, 0.5) is 10.1 Å². The van der Waals surface area contributed by atoms with Gasteiger partial charge in [0.1, 0.15) is 5.82 Å². The summed E-state index contributed by atoms with van der Waals surface area (Å²) < 4.78 is 19.7. The Balaban J connectivity index is 2.31. The summed E-state index contributed by atoms with van der Waals surface area (Å²) in [4.78, 5) is 12.8. The van der Waals surface area contributed by atoms with E-state index in [1.807, 2.05) is 18.7 Å². The normalized spacial score (nSPS) is 23.4. The van der Waals surface area contributed by atoms with Gasteiger partial charge < -0.3 is 14.7 Å². The topological polar surface area (TPSA) is 49.8 Å². The highest BCUT2D eigenvalue weighted by atomic mass is 19.1. The van der Waals surface area contributed by atoms with E-state index in [0.717, 1.165) is 12.5 Å². The van der Waals surface area contributed by atoms with Gasteiger partial charge in [-0.15, -0.1) is 0 Å². The zero-order valence-electron chi connectivity index (χ0n) is 11.1. The second kappa shape index (κ2) is 5.57. The van der Waals surface area contributed by atoms with Crippen LogP contribution in [0, 0.1) is 5.82 Å². The van der Waals surface area contributed by atoms with Crippen molar-refractivity contribution in [3.63, 3.8) is 0 Å². The van der Waals surface area contributed by atoms with E-state index in [1.165, 1.54) is 6.07 Å². The Morgan fingerprint density at radius 3 is 2.89 bits per heavy atom. The predicted octanol–water partition coefficient (Wildman–Crippen LogP) is 2.53. The van der Waals surface area contributed by atoms with Crippen molar-refractivity contribution < 1.29 is 19.0 Å². The zero-order valence-corrected chi connectivity index (χ0v) is 11.1. The third-order valence-corrected chi connectivity index (χ3v) is 3.44. The van der Waals surface area contributed by atoms with E-state index < -0.39 is 11.8 Å². The van der Waals surface area contributed by atoms with Crippen LogP contribution >= 0.6 is 0 Å². The standard InChI is InChI=1S/C14H18FNO3/c1-3-11-8-19-9(2)7-16(11)13-5-4-10(14(17)18)6-12(13)15/h4-6,9,11H,3,7-8H2,1-2H3,(H,17,18). The van der Waals surface area contributed by atoms with E-state index in [0.29, 0.717) is 18.8 Å². The van der Waals surface area contributed by atoms with Crippen LogP contribution in [0.25, 0.3) is 0 Å². The Morgan fingerprint density at radius 1 is 1.58 bits per heavy atom. The van der Waals surface area contributed by atoms with Crippen molar-refractivity contribution in [2.45, 2.75) is 32.4 Å². The number of ether oxygens (including phenoxy) is 1. The molecule has 2 rings (SSSR count). The van der Waals surface area contributed by atoms with Crippen molar-refractivity contribution >= 4 is 11.7 Å². The summed E-state index contributed by atoms with van der Waals surface area (Å²) in [5, 5.41) is 8.85. The fourth-order valence-electron chi connectivity index (χ4n) is 2.35. The Kier molecular flexibility index (Phi) is 4.04. The van der Waals surface area contributed by atoms with E-state index in [9.17, 15) is 9.18 Å². The number of rotatable bonds is 3. The van der Waals surface area contributed by atoms with Crippen molar-refractivity contribution in [2.24, 2.45) is 0 Å². The maximum atomic E-state index is 14.1. The van der Waals surface area contributed by atoms with Gasteiger partial charge in [-0.3, -0.25) is 0 Å². The molecule has 1 aliphatic rings. The van der Waals surface area contributed by atoms with Gasteiger partial charge in [-0.25, -0.2) is 9.18 Å². The van der Waals surface area contributed by atoms with Crippen LogP contribution in [0.15, 0.2) is 18.2 Å². The number of nitrogens with zero attached hydrogens (tertiary/aromatic N) is 1. The highest BCUT2D eigenvalue weighted by molar-refractivity contribution is 5.88. The van der Waals surface area contributed by atoms with Crippen LogP contribution < -0.4 is 4.90 Å². The first-order chi connectivity index (χ1) is 9.02. The molecule has 0 saturated carbocycles. The molecule has 0 radical (unpaired) electrons. The lowest BCUT2D eigenvalue weighted by Gasteiger charge is -2.40. The lowest BCUT2D eigenvalue weighted by Crippen LogP contribution is -2.49. The molecule has 0 amide bonds. The molecule has 2 atom stereocenters. The number of hydrogen-bond acceptors (Lipinski definition) is 3. The summed E-state index contributed by atoms with van der Waals surface area (Å²) in [5.41, 5.74) is 0.419. The Bertz CT molecular complexity index is 478. The summed E-state index contributed by atoms with van der Waals surface area (Å²) in [6.07, 6.45) is 0.897. The summed E-state index contributed by atoms with van der Waals surface area (Å²) >= 11 is 0. The van der Waals surface area contributed by atoms with E-state index in [4.69, 9.17) is 9.84 Å². The molecule has 1 aromatic carbocycles. The summed E-state index contributed by atoms with van der Waals surface area (Å²) in [6.45, 7) is 5.16. The summed E-state index contributed by atoms with van der Waals surface area (Å²) in [6, 6.07) is 4.18. The number of carbonyl (C=O) groups is 1. The maximum absolute atomic E-state index is 14.1. The first-order valence-electron chi connectivity index (χ1n) is 6.44. The van der Waals surface area contributed by atoms with Gasteiger partial charge in [-0.1, -0.05) is 6.92 Å². The molecule has 1 aromatic rings. The lowest BCUT2D eigenvalue weighted by molar-refractivity contribution is 0.0297. The zero-order chi connectivity index (χ0) is 14.0. The van der Waals surface area contributed by atoms with E-state index in [1.54, 1.807) is 6.07 Å². The summed E-state index contributed by atoms with van der Waals surface area (Å²) in [5.74, 6) is -1.61. The molecule has 1 aliphatic heterocycles. The van der Waals surface area contributed by atoms with Crippen LogP contribution in [-0.4, -0.2) is 36.4 Å². The van der Waals surface area contributed by atoms with Crippen LogP contribution in [-0.2, 0) is 4.74 Å². The molecule has 5 heteroatoms. The number of hydrogen-bond donors (Lipinski definition) is 1. The van der Waals surface area contributed by atoms with Gasteiger partial charge >= 0.3 is 5.97 Å². The van der Waals surface area contributed by atoms with Crippen molar-refractivity contribution in [2.75, 3.05) is 18.1 Å². The van der Waals surface area contributed by atoms with Gasteiger partial charge in [0.05, 0.1) is 30.0 Å². The van der Waals surface area contributed by atoms with Crippen LogP contribution in [0.5, 0.6) is 0 Å². The number of morpholine rings is 1. The first kappa shape index (κ1) is 13.8. The SMILES string of the molecule is CCC1COC(C)CN1c1ccc(C(=O)O)cc1F. The molecule has 0 aliphatic carbocycles. The molecule has 0 bridgehead atoms. The van der Waals surface area contributed by atoms with Gasteiger partial charge in [0.15, 0.2) is 0 Å². The van der Waals surface area contributed by atoms with Gasteiger partial charge in [0, 0.05) is 6.54 Å². The predicted molar refractivity (Wildman–Crippen MR) is 70.2 cm³/mol. The van der Waals surface area contributed by atoms with Crippen molar-refractivity contribution in [1.29, 1.82) is 0 Å². The number of anilines is 1. The van der Waals surface area contributed by atoms with E-state index >= 15 is 0 Å². The largest absolute Gasteiger partial charge is 0.478 e. The highest BCUT2D eigenvalue weighted by Crippen LogP contribution is 2.27. The molecular formula is C14H18FNO3. The number of halogens is 1. The smallest absolute Gasteiger partial charge is 0.335 e. The van der Waals surface area contributed by atoms with Gasteiger partial charge in [0.2, 0.25) is 0 Å². The van der Waals surface area contributed by atoms with E-state index in [-0.39, 0.29) is 17.7 Å². The third-order valence-electron chi connectivity index (χ3n) is 3.44. The Morgan fingerprint density at radius 2 is 2.32 bits per heavy atom. The molecule has 0 aromatic heterocycles. The second-order valence-electron chi connectivity index (χ2n) is 4.83. The average molecular weight is 267 g/mol. The average Bonchev–Trinajstić information content (AvgIpc) is 2.38. The van der Waals surface area contributed by atoms with Crippen molar-refractivity contribution in [3.8, 4) is 0 Å². The fraction of sp³-hybridized carbons (Fsp3) is 0.500. The number of carboxylic acid groups (broad SMARTS) is 1. The highest BCUT2D eigenvalue weighted by Gasteiger charge is 2.27. The molecular weight excluding hydrogens is 249 g/mol. The Labute approximate surface area is 111 Å². The monoisotopic (exact) mass is 267 g/mol. The molecule has 104 valence electrons. The second-order valence-corrected chi connectivity index (χ2v) is 4.83. The van der Waals surface area contributed by atoms with Crippen LogP contribution in [0.1, 0.15) is 30.6 Å². The van der Waals surface area contributed by atoms with Gasteiger partial charge in [0.25, 0.3) is 0 Å². The maximum Gasteiger partial charge on any atom is 0.335 e. The molecule has 1 fully saturated rings. The minimum Gasteiger partial charge on any atom is -0.478 e. The van der Waals surface area contributed by atoms with Crippen LogP contribution in [0.2, 0.25) is 0 Å². The summed E-state index contributed by atoms with van der Waals surface area (Å²) in [7, 11) is 0. The first-order valence-corrected chi connectivity index (χ1v) is 6.44.